The number of ether oxygens (including phenoxy) is 1. The van der Waals surface area contributed by atoms with Crippen LogP contribution in [0, 0.1) is 6.10 Å². The van der Waals surface area contributed by atoms with Crippen LogP contribution in [0.4, 0.5) is 0 Å². The maximum atomic E-state index is 5.17. The Balaban J connectivity index is 2.95. The van der Waals surface area contributed by atoms with Crippen molar-refractivity contribution in [2.75, 3.05) is 0 Å². The molecule has 0 aromatic rings. The highest BCUT2D eigenvalue weighted by atomic mass is 16.5. The molecule has 0 aliphatic heterocycles. The molecule has 0 atom stereocenters. The van der Waals surface area contributed by atoms with E-state index in [1.165, 1.54) is 0 Å². The molecular formula is C6H13O-. The quantitative estimate of drug-likeness (QED) is 0.483. The molecular weight excluding hydrogens is 88.1 g/mol. The molecule has 0 saturated carbocycles. The van der Waals surface area contributed by atoms with Crippen molar-refractivity contribution >= 4 is 0 Å². The molecule has 1 nitrogen and oxygen atoms in total. The van der Waals surface area contributed by atoms with Gasteiger partial charge in [0, 0.05) is 6.10 Å². The molecule has 0 saturated heterocycles. The van der Waals surface area contributed by atoms with Crippen LogP contribution in [-0.2, 0) is 4.74 Å². The van der Waals surface area contributed by atoms with Crippen LogP contribution in [-0.4, -0.2) is 6.10 Å². The molecule has 1 heteroatoms. The van der Waals surface area contributed by atoms with Gasteiger partial charge >= 0.3 is 0 Å². The van der Waals surface area contributed by atoms with Crippen LogP contribution < -0.4 is 0 Å². The number of hydrogen-bond donors (Lipinski definition) is 0. The molecule has 0 aromatic heterocycles. The molecule has 7 heavy (non-hydrogen) atoms. The minimum absolute atomic E-state index is 0.338. The number of hydrogen-bond acceptors (Lipinski definition) is 1. The summed E-state index contributed by atoms with van der Waals surface area (Å²) in [6.45, 7) is 7.96. The molecule has 0 N–H and O–H groups in total. The Morgan fingerprint density at radius 1 is 1.29 bits per heavy atom. The summed E-state index contributed by atoms with van der Waals surface area (Å²) in [7, 11) is 0. The Labute approximate surface area is 45.7 Å². The summed E-state index contributed by atoms with van der Waals surface area (Å²) in [5.41, 5.74) is 0. The van der Waals surface area contributed by atoms with E-state index in [4.69, 9.17) is 4.74 Å². The van der Waals surface area contributed by atoms with Crippen molar-refractivity contribution in [1.29, 1.82) is 0 Å². The lowest BCUT2D eigenvalue weighted by Crippen LogP contribution is -2.02. The maximum absolute atomic E-state index is 5.17. The lowest BCUT2D eigenvalue weighted by Gasteiger charge is -2.23. The van der Waals surface area contributed by atoms with Gasteiger partial charge in [-0.1, -0.05) is 0 Å². The first-order valence-electron chi connectivity index (χ1n) is 2.59. The lowest BCUT2D eigenvalue weighted by molar-refractivity contribution is 0.0989. The maximum Gasteiger partial charge on any atom is 0.0174 e. The zero-order valence-electron chi connectivity index (χ0n) is 5.49. The fourth-order valence-corrected chi connectivity index (χ4v) is 0.471. The summed E-state index contributed by atoms with van der Waals surface area (Å²) in [5.74, 6) is 0. The summed E-state index contributed by atoms with van der Waals surface area (Å²) in [5, 5.41) is 0. The first-order chi connectivity index (χ1) is 3.13. The van der Waals surface area contributed by atoms with E-state index in [0.29, 0.717) is 6.10 Å². The van der Waals surface area contributed by atoms with Crippen LogP contribution in [0.5, 0.6) is 0 Å². The zero-order valence-corrected chi connectivity index (χ0v) is 5.49. The van der Waals surface area contributed by atoms with Crippen molar-refractivity contribution in [2.45, 2.75) is 33.8 Å². The molecule has 0 bridgehead atoms. The first kappa shape index (κ1) is 6.96. The summed E-state index contributed by atoms with van der Waals surface area (Å²) >= 11 is 0. The van der Waals surface area contributed by atoms with E-state index < -0.39 is 0 Å². The lowest BCUT2D eigenvalue weighted by atomic mass is 10.4. The van der Waals surface area contributed by atoms with Crippen LogP contribution in [0.1, 0.15) is 27.7 Å². The van der Waals surface area contributed by atoms with E-state index in [1.54, 1.807) is 0 Å². The van der Waals surface area contributed by atoms with E-state index in [1.807, 2.05) is 27.7 Å². The standard InChI is InChI=1S/C6H13O/c1-5(2)7-6(3)4/h5H,1-4H3/q-1. The predicted octanol–water partition coefficient (Wildman–Crippen LogP) is 1.98. The fraction of sp³-hybridized carbons (Fsp3) is 0.833. The van der Waals surface area contributed by atoms with Crippen LogP contribution in [0.25, 0.3) is 0 Å². The van der Waals surface area contributed by atoms with Gasteiger partial charge in [0.1, 0.15) is 0 Å². The van der Waals surface area contributed by atoms with E-state index in [-0.39, 0.29) is 0 Å². The third kappa shape index (κ3) is 5.96. The second-order valence-corrected chi connectivity index (χ2v) is 2.07. The summed E-state index contributed by atoms with van der Waals surface area (Å²) in [4.78, 5) is 0. The van der Waals surface area contributed by atoms with Gasteiger partial charge in [0.05, 0.1) is 0 Å². The largest absolute Gasteiger partial charge is 0.547 e. The average Bonchev–Trinajstić information content (AvgIpc) is 1.27. The molecule has 0 spiro atoms. The second-order valence-electron chi connectivity index (χ2n) is 2.07. The van der Waals surface area contributed by atoms with E-state index in [2.05, 4.69) is 0 Å². The molecule has 0 aliphatic carbocycles. The van der Waals surface area contributed by atoms with Gasteiger partial charge in [0.15, 0.2) is 0 Å². The molecule has 0 fully saturated rings. The van der Waals surface area contributed by atoms with Crippen molar-refractivity contribution in [2.24, 2.45) is 0 Å². The highest BCUT2D eigenvalue weighted by Gasteiger charge is 1.82. The minimum Gasteiger partial charge on any atom is -0.547 e. The van der Waals surface area contributed by atoms with Gasteiger partial charge in [0.25, 0.3) is 0 Å². The van der Waals surface area contributed by atoms with E-state index in [9.17, 15) is 0 Å². The molecule has 0 amide bonds. The van der Waals surface area contributed by atoms with Crippen LogP contribution >= 0.6 is 0 Å². The van der Waals surface area contributed by atoms with Gasteiger partial charge in [-0.15, -0.1) is 0 Å². The van der Waals surface area contributed by atoms with Gasteiger partial charge in [-0.2, -0.15) is 13.8 Å². The SMILES string of the molecule is C[C-](C)OC(C)C. The topological polar surface area (TPSA) is 9.23 Å². The monoisotopic (exact) mass is 101 g/mol. The van der Waals surface area contributed by atoms with E-state index >= 15 is 0 Å². The van der Waals surface area contributed by atoms with Gasteiger partial charge in [-0.25, -0.2) is 6.10 Å². The highest BCUT2D eigenvalue weighted by Crippen LogP contribution is 2.01. The first-order valence-corrected chi connectivity index (χ1v) is 2.59. The van der Waals surface area contributed by atoms with Gasteiger partial charge in [0.2, 0.25) is 0 Å². The zero-order chi connectivity index (χ0) is 5.86. The fourth-order valence-electron chi connectivity index (χ4n) is 0.471. The smallest absolute Gasteiger partial charge is 0.0174 e. The van der Waals surface area contributed by atoms with Crippen molar-refractivity contribution in [1.82, 2.24) is 0 Å². The molecule has 0 radical (unpaired) electrons. The van der Waals surface area contributed by atoms with E-state index in [0.717, 1.165) is 6.10 Å². The summed E-state index contributed by atoms with van der Waals surface area (Å²) in [6.07, 6.45) is 1.38. The summed E-state index contributed by atoms with van der Waals surface area (Å²) in [6, 6.07) is 0. The second kappa shape index (κ2) is 3.03. The Hall–Kier alpha value is -0.0400. The Kier molecular flexibility index (Phi) is 3.01. The molecule has 44 valence electrons. The molecule has 0 aliphatic rings. The molecule has 0 aromatic carbocycles. The molecule has 0 rings (SSSR count). The third-order valence-corrected chi connectivity index (χ3v) is 0.471. The minimum atomic E-state index is 0.338. The normalized spacial score (nSPS) is 11.1. The third-order valence-electron chi connectivity index (χ3n) is 0.471. The Morgan fingerprint density at radius 3 is 1.71 bits per heavy atom. The predicted molar refractivity (Wildman–Crippen MR) is 30.8 cm³/mol. The Morgan fingerprint density at radius 2 is 1.71 bits per heavy atom. The van der Waals surface area contributed by atoms with Crippen molar-refractivity contribution in [3.63, 3.8) is 0 Å². The Bertz CT molecular complexity index is 33.4. The van der Waals surface area contributed by atoms with Crippen molar-refractivity contribution < 1.29 is 4.74 Å². The van der Waals surface area contributed by atoms with Crippen LogP contribution in [0.3, 0.4) is 0 Å². The molecule has 0 unspecified atom stereocenters. The van der Waals surface area contributed by atoms with Gasteiger partial charge in [-0.3, -0.25) is 0 Å². The molecule has 0 heterocycles. The van der Waals surface area contributed by atoms with Gasteiger partial charge in [-0.05, 0) is 13.8 Å². The summed E-state index contributed by atoms with van der Waals surface area (Å²) < 4.78 is 5.17. The van der Waals surface area contributed by atoms with Gasteiger partial charge < -0.3 is 4.74 Å². The van der Waals surface area contributed by atoms with Crippen molar-refractivity contribution in [3.05, 3.63) is 6.10 Å². The highest BCUT2D eigenvalue weighted by molar-refractivity contribution is 4.61. The van der Waals surface area contributed by atoms with Crippen LogP contribution in [0.15, 0.2) is 0 Å². The number of rotatable bonds is 2. The average molecular weight is 101 g/mol. The van der Waals surface area contributed by atoms with Crippen molar-refractivity contribution in [3.8, 4) is 0 Å². The van der Waals surface area contributed by atoms with Crippen LogP contribution in [0.2, 0.25) is 0 Å².